The van der Waals surface area contributed by atoms with Gasteiger partial charge in [-0.1, -0.05) is 41.9 Å². The third kappa shape index (κ3) is 4.30. The van der Waals surface area contributed by atoms with Gasteiger partial charge in [0.2, 0.25) is 0 Å². The molecule has 0 spiro atoms. The van der Waals surface area contributed by atoms with Gasteiger partial charge in [0, 0.05) is 24.2 Å². The number of nitrogens with one attached hydrogen (secondary N) is 2. The van der Waals surface area contributed by atoms with Crippen LogP contribution in [0.3, 0.4) is 0 Å². The fourth-order valence-electron chi connectivity index (χ4n) is 3.48. The smallest absolute Gasteiger partial charge is 0.279 e. The molecule has 3 aromatic carbocycles. The molecule has 1 aliphatic rings. The van der Waals surface area contributed by atoms with E-state index >= 15 is 0 Å². The van der Waals surface area contributed by atoms with Crippen molar-refractivity contribution >= 4 is 56.0 Å². The summed E-state index contributed by atoms with van der Waals surface area (Å²) in [5.74, 6) is -0.350. The SMILES string of the molecule is CCN1C(=O)/C(=N\Nc2ccc([N+](=O)[O-])cc2S(=O)(=O)Nc2ccccc2Cl)c2ccccc21. The maximum Gasteiger partial charge on any atom is 0.279 e. The number of carbonyl (C=O) groups is 1. The number of sulfonamides is 1. The van der Waals surface area contributed by atoms with E-state index in [4.69, 9.17) is 11.6 Å². The molecule has 0 aromatic heterocycles. The van der Waals surface area contributed by atoms with Gasteiger partial charge < -0.3 is 4.90 Å². The Labute approximate surface area is 200 Å². The molecule has 0 saturated heterocycles. The molecule has 34 heavy (non-hydrogen) atoms. The molecule has 0 radical (unpaired) electrons. The first-order valence-corrected chi connectivity index (χ1v) is 11.9. The lowest BCUT2D eigenvalue weighted by Crippen LogP contribution is -2.30. The van der Waals surface area contributed by atoms with Gasteiger partial charge in [0.1, 0.15) is 4.90 Å². The summed E-state index contributed by atoms with van der Waals surface area (Å²) in [6.07, 6.45) is 0. The lowest BCUT2D eigenvalue weighted by atomic mass is 10.1. The van der Waals surface area contributed by atoms with Crippen LogP contribution in [0.15, 0.2) is 76.7 Å². The summed E-state index contributed by atoms with van der Waals surface area (Å²) in [4.78, 5) is 24.5. The number of rotatable bonds is 7. The van der Waals surface area contributed by atoms with E-state index in [2.05, 4.69) is 15.2 Å². The van der Waals surface area contributed by atoms with Crippen LogP contribution in [-0.2, 0) is 14.8 Å². The number of non-ortho nitro benzene ring substituents is 1. The molecule has 12 heteroatoms. The number of benzene rings is 3. The fraction of sp³-hybridized carbons (Fsp3) is 0.0909. The van der Waals surface area contributed by atoms with Crippen LogP contribution in [0.1, 0.15) is 12.5 Å². The first kappa shape index (κ1) is 23.2. The van der Waals surface area contributed by atoms with Crippen molar-refractivity contribution in [3.63, 3.8) is 0 Å². The molecular weight excluding hydrogens is 482 g/mol. The van der Waals surface area contributed by atoms with E-state index in [9.17, 15) is 23.3 Å². The number of nitro benzene ring substituents is 1. The molecule has 0 saturated carbocycles. The number of amides is 1. The summed E-state index contributed by atoms with van der Waals surface area (Å²) in [5.41, 5.74) is 3.59. The summed E-state index contributed by atoms with van der Waals surface area (Å²) < 4.78 is 28.6. The number of hydrazone groups is 1. The van der Waals surface area contributed by atoms with Crippen molar-refractivity contribution in [1.82, 2.24) is 0 Å². The molecule has 0 fully saturated rings. The normalized spacial score (nSPS) is 14.2. The largest absolute Gasteiger partial charge is 0.307 e. The van der Waals surface area contributed by atoms with Crippen molar-refractivity contribution in [3.8, 4) is 0 Å². The van der Waals surface area contributed by atoms with Crippen molar-refractivity contribution < 1.29 is 18.1 Å². The van der Waals surface area contributed by atoms with Crippen molar-refractivity contribution in [1.29, 1.82) is 0 Å². The first-order chi connectivity index (χ1) is 16.2. The number of anilines is 3. The number of nitrogens with zero attached hydrogens (tertiary/aromatic N) is 3. The molecule has 4 rings (SSSR count). The van der Waals surface area contributed by atoms with E-state index in [0.717, 1.165) is 12.1 Å². The highest BCUT2D eigenvalue weighted by atomic mass is 35.5. The number of likely N-dealkylation sites (N-methyl/N-ethyl adjacent to an activating group) is 1. The number of hydrogen-bond acceptors (Lipinski definition) is 7. The Morgan fingerprint density at radius 1 is 1.06 bits per heavy atom. The van der Waals surface area contributed by atoms with Gasteiger partial charge in [-0.05, 0) is 31.2 Å². The Balaban J connectivity index is 1.76. The Morgan fingerprint density at radius 3 is 2.47 bits per heavy atom. The molecule has 2 N–H and O–H groups in total. The molecule has 0 atom stereocenters. The number of hydrogen-bond donors (Lipinski definition) is 2. The average molecular weight is 500 g/mol. The van der Waals surface area contributed by atoms with E-state index < -0.39 is 25.5 Å². The summed E-state index contributed by atoms with van der Waals surface area (Å²) in [6, 6.07) is 16.5. The second kappa shape index (κ2) is 9.12. The number of para-hydroxylation sites is 2. The van der Waals surface area contributed by atoms with Crippen molar-refractivity contribution in [2.75, 3.05) is 21.6 Å². The topological polar surface area (TPSA) is 134 Å². The van der Waals surface area contributed by atoms with Gasteiger partial charge in [-0.15, -0.1) is 0 Å². The second-order valence-electron chi connectivity index (χ2n) is 7.16. The third-order valence-corrected chi connectivity index (χ3v) is 6.82. The molecule has 0 aliphatic carbocycles. The van der Waals surface area contributed by atoms with Crippen molar-refractivity contribution in [3.05, 3.63) is 87.4 Å². The van der Waals surface area contributed by atoms with Crippen LogP contribution in [0.25, 0.3) is 0 Å². The molecule has 1 aliphatic heterocycles. The van der Waals surface area contributed by atoms with Gasteiger partial charge in [0.15, 0.2) is 5.71 Å². The maximum atomic E-state index is 13.2. The van der Waals surface area contributed by atoms with Gasteiger partial charge in [-0.2, -0.15) is 5.10 Å². The van der Waals surface area contributed by atoms with Gasteiger partial charge in [-0.25, -0.2) is 8.42 Å². The molecule has 174 valence electrons. The minimum absolute atomic E-state index is 0.0575. The zero-order valence-corrected chi connectivity index (χ0v) is 19.3. The Hall–Kier alpha value is -3.96. The minimum atomic E-state index is -4.32. The minimum Gasteiger partial charge on any atom is -0.307 e. The molecule has 0 unspecified atom stereocenters. The summed E-state index contributed by atoms with van der Waals surface area (Å²) >= 11 is 6.06. The van der Waals surface area contributed by atoms with Crippen LogP contribution in [0.2, 0.25) is 5.02 Å². The van der Waals surface area contributed by atoms with Crippen molar-refractivity contribution in [2.24, 2.45) is 5.10 Å². The summed E-state index contributed by atoms with van der Waals surface area (Å²) in [5, 5.41) is 15.6. The number of carbonyl (C=O) groups excluding carboxylic acids is 1. The van der Waals surface area contributed by atoms with Crippen LogP contribution >= 0.6 is 11.6 Å². The third-order valence-electron chi connectivity index (χ3n) is 5.09. The monoisotopic (exact) mass is 499 g/mol. The predicted molar refractivity (Wildman–Crippen MR) is 130 cm³/mol. The van der Waals surface area contributed by atoms with E-state index in [1.807, 2.05) is 6.92 Å². The summed E-state index contributed by atoms with van der Waals surface area (Å²) in [6.45, 7) is 2.25. The van der Waals surface area contributed by atoms with Crippen LogP contribution in [-0.4, -0.2) is 31.5 Å². The van der Waals surface area contributed by atoms with Crippen LogP contribution in [0.5, 0.6) is 0 Å². The van der Waals surface area contributed by atoms with Crippen LogP contribution in [0.4, 0.5) is 22.7 Å². The van der Waals surface area contributed by atoms with Crippen LogP contribution in [0, 0.1) is 10.1 Å². The molecule has 3 aromatic rings. The van der Waals surface area contributed by atoms with Gasteiger partial charge in [0.25, 0.3) is 21.6 Å². The zero-order chi connectivity index (χ0) is 24.5. The second-order valence-corrected chi connectivity index (χ2v) is 9.22. The standard InChI is InChI=1S/C22H18ClN5O5S/c1-2-27-19-10-6-3-7-15(19)21(22(27)29)25-24-18-12-11-14(28(30)31)13-20(18)34(32,33)26-17-9-5-4-8-16(17)23/h3-13,24,26H,2H2,1H3/b25-21-. The Morgan fingerprint density at radius 2 is 1.76 bits per heavy atom. The Kier molecular flexibility index (Phi) is 6.22. The van der Waals surface area contributed by atoms with Gasteiger partial charge in [0.05, 0.1) is 27.0 Å². The lowest BCUT2D eigenvalue weighted by Gasteiger charge is -2.13. The van der Waals surface area contributed by atoms with Crippen molar-refractivity contribution in [2.45, 2.75) is 11.8 Å². The summed E-state index contributed by atoms with van der Waals surface area (Å²) in [7, 11) is -4.32. The molecular formula is C22H18ClN5O5S. The first-order valence-electron chi connectivity index (χ1n) is 10.0. The molecule has 10 nitrogen and oxygen atoms in total. The highest BCUT2D eigenvalue weighted by molar-refractivity contribution is 7.93. The van der Waals surface area contributed by atoms with E-state index in [1.54, 1.807) is 41.3 Å². The molecule has 1 heterocycles. The van der Waals surface area contributed by atoms with Gasteiger partial charge in [-0.3, -0.25) is 25.1 Å². The lowest BCUT2D eigenvalue weighted by molar-refractivity contribution is -0.385. The number of nitro groups is 1. The highest BCUT2D eigenvalue weighted by Gasteiger charge is 2.33. The quantitative estimate of drug-likeness (QED) is 0.369. The number of halogens is 1. The van der Waals surface area contributed by atoms with E-state index in [-0.39, 0.29) is 28.0 Å². The van der Waals surface area contributed by atoms with Gasteiger partial charge >= 0.3 is 0 Å². The van der Waals surface area contributed by atoms with E-state index in [1.165, 1.54) is 18.2 Å². The maximum absolute atomic E-state index is 13.2. The average Bonchev–Trinajstić information content (AvgIpc) is 3.09. The van der Waals surface area contributed by atoms with E-state index in [0.29, 0.717) is 17.8 Å². The molecule has 1 amide bonds. The fourth-order valence-corrected chi connectivity index (χ4v) is 4.98. The molecule has 0 bridgehead atoms. The highest BCUT2D eigenvalue weighted by Crippen LogP contribution is 2.32. The van der Waals surface area contributed by atoms with Crippen LogP contribution < -0.4 is 15.0 Å². The zero-order valence-electron chi connectivity index (χ0n) is 17.7. The number of fused-ring (bicyclic) bond motifs is 1. The Bertz CT molecular complexity index is 1440. The predicted octanol–water partition coefficient (Wildman–Crippen LogP) is 4.23.